The lowest BCUT2D eigenvalue weighted by atomic mass is 9.87. The molecule has 3 heterocycles. The number of fused-ring (bicyclic) bond motifs is 2. The van der Waals surface area contributed by atoms with Gasteiger partial charge in [-0.05, 0) is 56.5 Å². The number of rotatable bonds is 4. The first kappa shape index (κ1) is 18.7. The van der Waals surface area contributed by atoms with Gasteiger partial charge >= 0.3 is 0 Å². The molecule has 4 nitrogen and oxygen atoms in total. The Kier molecular flexibility index (Phi) is 4.86. The molecule has 29 heavy (non-hydrogen) atoms. The van der Waals surface area contributed by atoms with Gasteiger partial charge in [-0.1, -0.05) is 24.3 Å². The van der Waals surface area contributed by atoms with Crippen molar-refractivity contribution < 1.29 is 0 Å². The van der Waals surface area contributed by atoms with Crippen LogP contribution in [0.25, 0.3) is 20.7 Å². The normalized spacial score (nSPS) is 16.4. The second-order valence-corrected chi connectivity index (χ2v) is 9.92. The quantitative estimate of drug-likeness (QED) is 0.471. The van der Waals surface area contributed by atoms with E-state index in [0.29, 0.717) is 18.0 Å². The molecule has 0 spiro atoms. The molecule has 6 heteroatoms. The Labute approximate surface area is 177 Å². The molecule has 0 saturated carbocycles. The minimum atomic E-state index is -0.0373. The number of aryl methyl sites for hydroxylation is 2. The number of nitrogens with zero attached hydrogens (tertiary/aromatic N) is 2. The van der Waals surface area contributed by atoms with Crippen LogP contribution >= 0.6 is 22.7 Å². The summed E-state index contributed by atoms with van der Waals surface area (Å²) < 4.78 is 0. The summed E-state index contributed by atoms with van der Waals surface area (Å²) >= 11 is 3.27. The van der Waals surface area contributed by atoms with Gasteiger partial charge in [-0.15, -0.1) is 22.7 Å². The van der Waals surface area contributed by atoms with Crippen molar-refractivity contribution in [1.29, 1.82) is 0 Å². The van der Waals surface area contributed by atoms with Crippen LogP contribution < -0.4 is 5.56 Å². The monoisotopic (exact) mass is 421 g/mol. The van der Waals surface area contributed by atoms with Crippen molar-refractivity contribution in [1.82, 2.24) is 14.9 Å². The van der Waals surface area contributed by atoms with Crippen molar-refractivity contribution in [3.05, 3.63) is 74.0 Å². The van der Waals surface area contributed by atoms with Gasteiger partial charge in [0.25, 0.3) is 5.56 Å². The van der Waals surface area contributed by atoms with Crippen LogP contribution in [-0.2, 0) is 13.0 Å². The van der Waals surface area contributed by atoms with E-state index in [1.807, 2.05) is 0 Å². The maximum Gasteiger partial charge on any atom is 0.260 e. The summed E-state index contributed by atoms with van der Waals surface area (Å²) in [6.07, 6.45) is 3.49. The third-order valence-electron chi connectivity index (χ3n) is 5.77. The van der Waals surface area contributed by atoms with E-state index in [1.165, 1.54) is 22.4 Å². The van der Waals surface area contributed by atoms with Gasteiger partial charge in [0.15, 0.2) is 0 Å². The molecule has 1 unspecified atom stereocenters. The zero-order chi connectivity index (χ0) is 20.0. The SMILES string of the molecule is Cc1ccc(-c2csc3nc(CN(C)C4CCCc5ccccc54)[nH]c(=O)c23)s1. The van der Waals surface area contributed by atoms with Gasteiger partial charge in [-0.3, -0.25) is 9.69 Å². The highest BCUT2D eigenvalue weighted by Gasteiger charge is 2.24. The Morgan fingerprint density at radius 2 is 2.10 bits per heavy atom. The zero-order valence-corrected chi connectivity index (χ0v) is 18.2. The minimum Gasteiger partial charge on any atom is -0.309 e. The van der Waals surface area contributed by atoms with E-state index < -0.39 is 0 Å². The lowest BCUT2D eigenvalue weighted by Gasteiger charge is -2.33. The van der Waals surface area contributed by atoms with Crippen LogP contribution in [0, 0.1) is 6.92 Å². The van der Waals surface area contributed by atoms with E-state index in [-0.39, 0.29) is 5.56 Å². The zero-order valence-electron chi connectivity index (χ0n) is 16.6. The number of nitrogens with one attached hydrogen (secondary N) is 1. The number of hydrogen-bond donors (Lipinski definition) is 1. The first-order valence-electron chi connectivity index (χ1n) is 9.95. The average Bonchev–Trinajstić information content (AvgIpc) is 3.33. The predicted molar refractivity (Wildman–Crippen MR) is 122 cm³/mol. The van der Waals surface area contributed by atoms with Crippen LogP contribution in [0.2, 0.25) is 0 Å². The van der Waals surface area contributed by atoms with Crippen LogP contribution in [0.15, 0.2) is 46.6 Å². The second-order valence-electron chi connectivity index (χ2n) is 7.77. The topological polar surface area (TPSA) is 49.0 Å². The lowest BCUT2D eigenvalue weighted by Crippen LogP contribution is -2.29. The van der Waals surface area contributed by atoms with Crippen LogP contribution in [0.5, 0.6) is 0 Å². The van der Waals surface area contributed by atoms with Crippen molar-refractivity contribution in [2.24, 2.45) is 0 Å². The first-order valence-corrected chi connectivity index (χ1v) is 11.6. The third kappa shape index (κ3) is 3.45. The average molecular weight is 422 g/mol. The van der Waals surface area contributed by atoms with Gasteiger partial charge in [-0.2, -0.15) is 0 Å². The predicted octanol–water partition coefficient (Wildman–Crippen LogP) is 5.53. The molecule has 1 aliphatic rings. The molecule has 5 rings (SSSR count). The van der Waals surface area contributed by atoms with Gasteiger partial charge in [0, 0.05) is 26.7 Å². The standard InChI is InChI=1S/C23H23N3OS2/c1-14-10-11-19(29-14)17-13-28-23-21(17)22(27)24-20(25-23)12-26(2)18-9-5-7-15-6-3-4-8-16(15)18/h3-4,6,8,10-11,13,18H,5,7,9,12H2,1-2H3,(H,24,25,27). The van der Waals surface area contributed by atoms with E-state index in [0.717, 1.165) is 33.9 Å². The molecule has 0 bridgehead atoms. The fraction of sp³-hybridized carbons (Fsp3) is 0.304. The molecule has 0 radical (unpaired) electrons. The molecule has 0 aliphatic heterocycles. The summed E-state index contributed by atoms with van der Waals surface area (Å²) in [5.74, 6) is 0.740. The maximum absolute atomic E-state index is 12.9. The van der Waals surface area contributed by atoms with E-state index in [1.54, 1.807) is 22.7 Å². The Bertz CT molecular complexity index is 1240. The summed E-state index contributed by atoms with van der Waals surface area (Å²) in [7, 11) is 2.13. The van der Waals surface area contributed by atoms with Crippen LogP contribution in [-0.4, -0.2) is 21.9 Å². The van der Waals surface area contributed by atoms with Gasteiger partial charge < -0.3 is 4.98 Å². The number of H-pyrrole nitrogens is 1. The molecule has 4 aromatic rings. The minimum absolute atomic E-state index is 0.0373. The summed E-state index contributed by atoms with van der Waals surface area (Å²) in [6, 6.07) is 13.3. The molecule has 0 amide bonds. The fourth-order valence-corrected chi connectivity index (χ4v) is 6.28. The largest absolute Gasteiger partial charge is 0.309 e. The van der Waals surface area contributed by atoms with Gasteiger partial charge in [0.05, 0.1) is 11.9 Å². The number of aromatic amines is 1. The Morgan fingerprint density at radius 3 is 2.93 bits per heavy atom. The summed E-state index contributed by atoms with van der Waals surface area (Å²) in [5, 5.41) is 2.77. The highest BCUT2D eigenvalue weighted by atomic mass is 32.1. The smallest absolute Gasteiger partial charge is 0.260 e. The van der Waals surface area contributed by atoms with Crippen molar-refractivity contribution >= 4 is 32.9 Å². The first-order chi connectivity index (χ1) is 14.1. The van der Waals surface area contributed by atoms with Gasteiger partial charge in [0.1, 0.15) is 10.7 Å². The molecule has 1 aliphatic carbocycles. The van der Waals surface area contributed by atoms with Crippen LogP contribution in [0.4, 0.5) is 0 Å². The van der Waals surface area contributed by atoms with E-state index in [2.05, 4.69) is 65.6 Å². The van der Waals surface area contributed by atoms with Gasteiger partial charge in [0.2, 0.25) is 0 Å². The Balaban J connectivity index is 1.45. The molecular formula is C23H23N3OS2. The molecule has 1 N–H and O–H groups in total. The van der Waals surface area contributed by atoms with Gasteiger partial charge in [-0.25, -0.2) is 4.98 Å². The molecule has 1 aromatic carbocycles. The molecule has 0 fully saturated rings. The van der Waals surface area contributed by atoms with E-state index in [9.17, 15) is 4.79 Å². The van der Waals surface area contributed by atoms with E-state index in [4.69, 9.17) is 4.98 Å². The Hall–Kier alpha value is -2.28. The van der Waals surface area contributed by atoms with Crippen molar-refractivity contribution in [2.45, 2.75) is 38.8 Å². The summed E-state index contributed by atoms with van der Waals surface area (Å²) in [4.78, 5) is 26.3. The molecule has 3 aromatic heterocycles. The fourth-order valence-electron chi connectivity index (χ4n) is 4.36. The van der Waals surface area contributed by atoms with Crippen molar-refractivity contribution in [3.8, 4) is 10.4 Å². The lowest BCUT2D eigenvalue weighted by molar-refractivity contribution is 0.208. The van der Waals surface area contributed by atoms with Crippen molar-refractivity contribution in [2.75, 3.05) is 7.05 Å². The second kappa shape index (κ2) is 7.52. The number of aromatic nitrogens is 2. The molecular weight excluding hydrogens is 398 g/mol. The third-order valence-corrected chi connectivity index (χ3v) is 7.67. The van der Waals surface area contributed by atoms with E-state index >= 15 is 0 Å². The number of benzene rings is 1. The van der Waals surface area contributed by atoms with Crippen LogP contribution in [0.3, 0.4) is 0 Å². The highest BCUT2D eigenvalue weighted by Crippen LogP contribution is 2.36. The number of thiophene rings is 2. The number of hydrogen-bond acceptors (Lipinski definition) is 5. The van der Waals surface area contributed by atoms with Crippen LogP contribution in [0.1, 0.15) is 40.7 Å². The highest BCUT2D eigenvalue weighted by molar-refractivity contribution is 7.19. The molecule has 1 atom stereocenters. The molecule has 148 valence electrons. The summed E-state index contributed by atoms with van der Waals surface area (Å²) in [5.41, 5.74) is 3.82. The molecule has 0 saturated heterocycles. The summed E-state index contributed by atoms with van der Waals surface area (Å²) in [6.45, 7) is 2.72. The maximum atomic E-state index is 12.9. The Morgan fingerprint density at radius 1 is 1.24 bits per heavy atom. The van der Waals surface area contributed by atoms with Crippen molar-refractivity contribution in [3.63, 3.8) is 0 Å².